The number of nitrogens with zero attached hydrogens (tertiary/aromatic N) is 5. The van der Waals surface area contributed by atoms with E-state index in [1.165, 1.54) is 4.90 Å². The molecule has 0 aliphatic carbocycles. The first-order valence-corrected chi connectivity index (χ1v) is 5.91. The number of rotatable bonds is 4. The summed E-state index contributed by atoms with van der Waals surface area (Å²) in [4.78, 5) is 13.3. The van der Waals surface area contributed by atoms with Gasteiger partial charge in [-0.15, -0.1) is 0 Å². The van der Waals surface area contributed by atoms with E-state index in [0.717, 1.165) is 5.69 Å². The molecule has 0 aliphatic rings. The van der Waals surface area contributed by atoms with E-state index in [1.807, 2.05) is 30.3 Å². The Hall–Kier alpha value is -2.44. The summed E-state index contributed by atoms with van der Waals surface area (Å²) in [5.74, 6) is 0.400. The van der Waals surface area contributed by atoms with E-state index in [9.17, 15) is 4.79 Å². The first kappa shape index (κ1) is 13.0. The molecule has 19 heavy (non-hydrogen) atoms. The molecule has 1 atom stereocenters. The molecule has 1 amide bonds. The zero-order valence-electron chi connectivity index (χ0n) is 11.1. The summed E-state index contributed by atoms with van der Waals surface area (Å²) in [7, 11) is 3.42. The van der Waals surface area contributed by atoms with Gasteiger partial charge in [-0.1, -0.05) is 23.3 Å². The number of aromatic nitrogens is 4. The monoisotopic (exact) mass is 260 g/mol. The smallest absolute Gasteiger partial charge is 0.248 e. The third-order valence-electron chi connectivity index (χ3n) is 2.63. The van der Waals surface area contributed by atoms with Gasteiger partial charge in [-0.2, -0.15) is 4.68 Å². The molecule has 1 heterocycles. The number of likely N-dealkylation sites (N-methyl/N-ethyl adjacent to an activating group) is 1. The average Bonchev–Trinajstić information content (AvgIpc) is 2.86. The molecule has 7 nitrogen and oxygen atoms in total. The van der Waals surface area contributed by atoms with Gasteiger partial charge in [-0.25, -0.2) is 0 Å². The lowest BCUT2D eigenvalue weighted by molar-refractivity contribution is -0.129. The van der Waals surface area contributed by atoms with Crippen LogP contribution in [0.1, 0.15) is 6.92 Å². The van der Waals surface area contributed by atoms with Gasteiger partial charge in [0.1, 0.15) is 6.04 Å². The lowest BCUT2D eigenvalue weighted by Gasteiger charge is -2.18. The first-order valence-electron chi connectivity index (χ1n) is 5.91. The van der Waals surface area contributed by atoms with Crippen molar-refractivity contribution in [2.75, 3.05) is 19.4 Å². The minimum atomic E-state index is -0.400. The van der Waals surface area contributed by atoms with Crippen LogP contribution in [0.3, 0.4) is 0 Å². The van der Waals surface area contributed by atoms with Crippen LogP contribution in [0.2, 0.25) is 0 Å². The number of nitrogens with one attached hydrogen (secondary N) is 1. The molecule has 100 valence electrons. The van der Waals surface area contributed by atoms with Crippen LogP contribution >= 0.6 is 0 Å². The summed E-state index contributed by atoms with van der Waals surface area (Å²) in [5, 5.41) is 14.4. The maximum atomic E-state index is 11.8. The van der Waals surface area contributed by atoms with E-state index in [0.29, 0.717) is 5.95 Å². The zero-order valence-corrected chi connectivity index (χ0v) is 11.1. The third kappa shape index (κ3) is 2.87. The highest BCUT2D eigenvalue weighted by atomic mass is 16.2. The van der Waals surface area contributed by atoms with Gasteiger partial charge >= 0.3 is 0 Å². The molecule has 1 aromatic carbocycles. The number of tetrazole rings is 1. The van der Waals surface area contributed by atoms with Gasteiger partial charge < -0.3 is 10.2 Å². The van der Waals surface area contributed by atoms with Crippen molar-refractivity contribution < 1.29 is 4.79 Å². The highest BCUT2D eigenvalue weighted by Crippen LogP contribution is 2.11. The van der Waals surface area contributed by atoms with Crippen LogP contribution in [0.15, 0.2) is 30.3 Å². The van der Waals surface area contributed by atoms with Gasteiger partial charge in [-0.05, 0) is 29.5 Å². The normalized spacial score (nSPS) is 11.9. The number of hydrogen-bond donors (Lipinski definition) is 1. The summed E-state index contributed by atoms with van der Waals surface area (Å²) >= 11 is 0. The van der Waals surface area contributed by atoms with Crippen LogP contribution in [0.5, 0.6) is 0 Å². The minimum absolute atomic E-state index is 0.0392. The molecule has 1 N–H and O–H groups in total. The van der Waals surface area contributed by atoms with E-state index in [1.54, 1.807) is 25.7 Å². The van der Waals surface area contributed by atoms with Crippen LogP contribution < -0.4 is 5.32 Å². The molecule has 0 radical (unpaired) electrons. The van der Waals surface area contributed by atoms with Crippen LogP contribution in [-0.2, 0) is 4.79 Å². The van der Waals surface area contributed by atoms with Gasteiger partial charge in [0.2, 0.25) is 11.9 Å². The molecule has 2 rings (SSSR count). The van der Waals surface area contributed by atoms with Crippen LogP contribution in [0.4, 0.5) is 5.95 Å². The molecule has 0 bridgehead atoms. The second-order valence-corrected chi connectivity index (χ2v) is 4.35. The van der Waals surface area contributed by atoms with Gasteiger partial charge in [-0.3, -0.25) is 4.79 Å². The van der Waals surface area contributed by atoms with Crippen LogP contribution in [0.25, 0.3) is 5.69 Å². The molecule has 0 saturated heterocycles. The zero-order chi connectivity index (χ0) is 13.8. The molecule has 0 spiro atoms. The number of amides is 1. The Kier molecular flexibility index (Phi) is 3.74. The lowest BCUT2D eigenvalue weighted by atomic mass is 10.3. The second-order valence-electron chi connectivity index (χ2n) is 4.35. The molecule has 1 unspecified atom stereocenters. The summed E-state index contributed by atoms with van der Waals surface area (Å²) in [6.07, 6.45) is 0. The summed E-state index contributed by atoms with van der Waals surface area (Å²) < 4.78 is 1.56. The van der Waals surface area contributed by atoms with Crippen molar-refractivity contribution in [2.24, 2.45) is 0 Å². The SMILES string of the molecule is CC(Nc1nnnn1-c1ccccc1)C(=O)N(C)C. The van der Waals surface area contributed by atoms with E-state index < -0.39 is 6.04 Å². The van der Waals surface area contributed by atoms with Crippen molar-refractivity contribution in [1.29, 1.82) is 0 Å². The molecule has 0 aliphatic heterocycles. The van der Waals surface area contributed by atoms with Gasteiger partial charge in [0.25, 0.3) is 0 Å². The van der Waals surface area contributed by atoms with E-state index in [-0.39, 0.29) is 5.91 Å². The largest absolute Gasteiger partial charge is 0.347 e. The molecule has 1 aromatic heterocycles. The summed E-state index contributed by atoms with van der Waals surface area (Å²) in [5.41, 5.74) is 0.833. The Labute approximate surface area is 111 Å². The van der Waals surface area contributed by atoms with E-state index in [4.69, 9.17) is 0 Å². The maximum absolute atomic E-state index is 11.8. The Morgan fingerprint density at radius 2 is 2.00 bits per heavy atom. The van der Waals surface area contributed by atoms with Crippen molar-refractivity contribution in [3.63, 3.8) is 0 Å². The van der Waals surface area contributed by atoms with Crippen LogP contribution in [-0.4, -0.2) is 51.2 Å². The fraction of sp³-hybridized carbons (Fsp3) is 0.333. The fourth-order valence-corrected chi connectivity index (χ4v) is 1.66. The van der Waals surface area contributed by atoms with E-state index in [2.05, 4.69) is 20.8 Å². The number of carbonyl (C=O) groups excluding carboxylic acids is 1. The summed E-state index contributed by atoms with van der Waals surface area (Å²) in [6, 6.07) is 9.09. The maximum Gasteiger partial charge on any atom is 0.248 e. The van der Waals surface area contributed by atoms with E-state index >= 15 is 0 Å². The molecule has 0 saturated carbocycles. The Bertz CT molecular complexity index is 550. The number of carbonyl (C=O) groups is 1. The first-order chi connectivity index (χ1) is 9.09. The highest BCUT2D eigenvalue weighted by Gasteiger charge is 2.18. The highest BCUT2D eigenvalue weighted by molar-refractivity contribution is 5.83. The fourth-order valence-electron chi connectivity index (χ4n) is 1.66. The third-order valence-corrected chi connectivity index (χ3v) is 2.63. The minimum Gasteiger partial charge on any atom is -0.347 e. The predicted octanol–water partition coefficient (Wildman–Crippen LogP) is 0.551. The quantitative estimate of drug-likeness (QED) is 0.868. The van der Waals surface area contributed by atoms with Gasteiger partial charge in [0, 0.05) is 14.1 Å². The molecule has 7 heteroatoms. The van der Waals surface area contributed by atoms with Crippen LogP contribution in [0, 0.1) is 0 Å². The van der Waals surface area contributed by atoms with Crippen molar-refractivity contribution in [1.82, 2.24) is 25.1 Å². The summed E-state index contributed by atoms with van der Waals surface area (Å²) in [6.45, 7) is 1.77. The Balaban J connectivity index is 2.19. The number of benzene rings is 1. The lowest BCUT2D eigenvalue weighted by Crippen LogP contribution is -2.37. The average molecular weight is 260 g/mol. The van der Waals surface area contributed by atoms with Crippen molar-refractivity contribution in [3.8, 4) is 5.69 Å². The molecular weight excluding hydrogens is 244 g/mol. The van der Waals surface area contributed by atoms with Crippen molar-refractivity contribution in [2.45, 2.75) is 13.0 Å². The van der Waals surface area contributed by atoms with Crippen molar-refractivity contribution >= 4 is 11.9 Å². The molecule has 2 aromatic rings. The number of para-hydroxylation sites is 1. The standard InChI is InChI=1S/C12H16N6O/c1-9(11(19)17(2)3)13-12-14-15-16-18(12)10-7-5-4-6-8-10/h4-9H,1-3H3,(H,13,14,16). The Morgan fingerprint density at radius 3 is 2.63 bits per heavy atom. The Morgan fingerprint density at radius 1 is 1.32 bits per heavy atom. The number of anilines is 1. The van der Waals surface area contributed by atoms with Crippen molar-refractivity contribution in [3.05, 3.63) is 30.3 Å². The second kappa shape index (κ2) is 5.47. The predicted molar refractivity (Wildman–Crippen MR) is 70.9 cm³/mol. The van der Waals surface area contributed by atoms with Gasteiger partial charge in [0.05, 0.1) is 5.69 Å². The molecule has 0 fully saturated rings. The topological polar surface area (TPSA) is 75.9 Å². The molecular formula is C12H16N6O. The van der Waals surface area contributed by atoms with Gasteiger partial charge in [0.15, 0.2) is 0 Å². The number of hydrogen-bond acceptors (Lipinski definition) is 5.